The van der Waals surface area contributed by atoms with Crippen LogP contribution in [0.4, 0.5) is 30.4 Å². The maximum Gasteiger partial charge on any atom is 0.387 e. The van der Waals surface area contributed by atoms with E-state index < -0.39 is 12.4 Å². The first-order chi connectivity index (χ1) is 13.3. The molecule has 1 aliphatic rings. The molecule has 1 aromatic carbocycles. The maximum atomic E-state index is 13.8. The summed E-state index contributed by atoms with van der Waals surface area (Å²) in [5, 5.41) is 2.40. The second-order valence-corrected chi connectivity index (χ2v) is 6.35. The third-order valence-electron chi connectivity index (χ3n) is 4.24. The third-order valence-corrected chi connectivity index (χ3v) is 4.42. The molecule has 1 N–H and O–H groups in total. The molecular formula is C17H17ClF3N5O2. The van der Waals surface area contributed by atoms with Crippen LogP contribution >= 0.6 is 11.6 Å². The van der Waals surface area contributed by atoms with Crippen LogP contribution < -0.4 is 15.0 Å². The van der Waals surface area contributed by atoms with Crippen LogP contribution in [0.5, 0.6) is 5.75 Å². The van der Waals surface area contributed by atoms with Gasteiger partial charge in [0.2, 0.25) is 11.2 Å². The van der Waals surface area contributed by atoms with E-state index in [9.17, 15) is 18.0 Å². The van der Waals surface area contributed by atoms with E-state index in [1.54, 1.807) is 11.0 Å². The molecule has 150 valence electrons. The number of aromatic nitrogens is 2. The fourth-order valence-corrected chi connectivity index (χ4v) is 2.98. The summed E-state index contributed by atoms with van der Waals surface area (Å²) >= 11 is 5.65. The summed E-state index contributed by atoms with van der Waals surface area (Å²) in [7, 11) is 0. The Kier molecular flexibility index (Phi) is 6.08. The average Bonchev–Trinajstić information content (AvgIpc) is 2.65. The highest BCUT2D eigenvalue weighted by Gasteiger charge is 2.21. The molecule has 2 heterocycles. The first-order valence-corrected chi connectivity index (χ1v) is 8.75. The fraction of sp³-hybridized carbons (Fsp3) is 0.353. The van der Waals surface area contributed by atoms with Crippen LogP contribution in [0.2, 0.25) is 5.28 Å². The minimum absolute atomic E-state index is 0.00791. The Morgan fingerprint density at radius 3 is 2.64 bits per heavy atom. The van der Waals surface area contributed by atoms with E-state index in [0.29, 0.717) is 31.9 Å². The standard InChI is InChI=1S/C17H17ClF3N5O2/c1-10(27)25-4-6-26(7-5-25)11-2-3-13(14(8-11)28-17(20)21)23-15-12(19)9-22-16(18)24-15/h2-3,8-9,17H,4-7H2,1H3,(H,22,23,24). The largest absolute Gasteiger partial charge is 0.433 e. The third kappa shape index (κ3) is 4.75. The summed E-state index contributed by atoms with van der Waals surface area (Å²) < 4.78 is 44.2. The molecule has 0 aliphatic carbocycles. The molecule has 1 fully saturated rings. The van der Waals surface area contributed by atoms with Gasteiger partial charge in [-0.1, -0.05) is 0 Å². The van der Waals surface area contributed by atoms with Gasteiger partial charge in [-0.2, -0.15) is 13.8 Å². The van der Waals surface area contributed by atoms with Crippen molar-refractivity contribution in [3.8, 4) is 5.75 Å². The van der Waals surface area contributed by atoms with Gasteiger partial charge in [-0.3, -0.25) is 4.79 Å². The number of alkyl halides is 2. The van der Waals surface area contributed by atoms with E-state index in [1.807, 2.05) is 4.90 Å². The second-order valence-electron chi connectivity index (χ2n) is 6.01. The van der Waals surface area contributed by atoms with Crippen molar-refractivity contribution in [3.63, 3.8) is 0 Å². The highest BCUT2D eigenvalue weighted by Crippen LogP contribution is 2.34. The van der Waals surface area contributed by atoms with Crippen LogP contribution in [0.1, 0.15) is 6.92 Å². The van der Waals surface area contributed by atoms with E-state index in [2.05, 4.69) is 20.0 Å². The zero-order chi connectivity index (χ0) is 20.3. The lowest BCUT2D eigenvalue weighted by Gasteiger charge is -2.35. The number of ether oxygens (including phenoxy) is 1. The Hall–Kier alpha value is -2.75. The lowest BCUT2D eigenvalue weighted by atomic mass is 10.2. The molecule has 0 saturated carbocycles. The predicted octanol–water partition coefficient (Wildman–Crippen LogP) is 3.28. The maximum absolute atomic E-state index is 13.8. The number of amides is 1. The Balaban J connectivity index is 1.84. The van der Waals surface area contributed by atoms with Crippen molar-refractivity contribution in [2.24, 2.45) is 0 Å². The molecule has 7 nitrogen and oxygen atoms in total. The lowest BCUT2D eigenvalue weighted by molar-refractivity contribution is -0.129. The van der Waals surface area contributed by atoms with E-state index in [-0.39, 0.29) is 28.4 Å². The number of rotatable bonds is 5. The smallest absolute Gasteiger partial charge is 0.387 e. The van der Waals surface area contributed by atoms with Gasteiger partial charge in [0.05, 0.1) is 11.9 Å². The summed E-state index contributed by atoms with van der Waals surface area (Å²) in [4.78, 5) is 22.3. The highest BCUT2D eigenvalue weighted by molar-refractivity contribution is 6.28. The summed E-state index contributed by atoms with van der Waals surface area (Å²) in [5.74, 6) is -1.24. The number of carbonyl (C=O) groups is 1. The number of hydrogen-bond acceptors (Lipinski definition) is 6. The molecule has 0 radical (unpaired) electrons. The van der Waals surface area contributed by atoms with Crippen LogP contribution in [-0.2, 0) is 4.79 Å². The van der Waals surface area contributed by atoms with Crippen LogP contribution in [0.25, 0.3) is 0 Å². The first-order valence-electron chi connectivity index (χ1n) is 8.38. The van der Waals surface area contributed by atoms with E-state index in [4.69, 9.17) is 11.6 Å². The Morgan fingerprint density at radius 1 is 1.29 bits per heavy atom. The van der Waals surface area contributed by atoms with Crippen molar-refractivity contribution in [2.45, 2.75) is 13.5 Å². The monoisotopic (exact) mass is 415 g/mol. The van der Waals surface area contributed by atoms with Gasteiger partial charge in [-0.25, -0.2) is 9.37 Å². The van der Waals surface area contributed by atoms with E-state index in [0.717, 1.165) is 6.20 Å². The van der Waals surface area contributed by atoms with Gasteiger partial charge in [-0.15, -0.1) is 0 Å². The van der Waals surface area contributed by atoms with Crippen molar-refractivity contribution >= 4 is 34.7 Å². The van der Waals surface area contributed by atoms with Gasteiger partial charge >= 0.3 is 6.61 Å². The summed E-state index contributed by atoms with van der Waals surface area (Å²) in [6.07, 6.45) is 0.869. The Labute approximate surface area is 164 Å². The molecule has 0 bridgehead atoms. The molecule has 1 aromatic heterocycles. The SMILES string of the molecule is CC(=O)N1CCN(c2ccc(Nc3nc(Cl)ncc3F)c(OC(F)F)c2)CC1. The van der Waals surface area contributed by atoms with Crippen molar-refractivity contribution in [3.05, 3.63) is 35.5 Å². The normalized spacial score (nSPS) is 14.4. The van der Waals surface area contributed by atoms with Crippen molar-refractivity contribution in [1.82, 2.24) is 14.9 Å². The van der Waals surface area contributed by atoms with Crippen molar-refractivity contribution < 1.29 is 22.7 Å². The highest BCUT2D eigenvalue weighted by atomic mass is 35.5. The molecule has 28 heavy (non-hydrogen) atoms. The molecule has 1 saturated heterocycles. The van der Waals surface area contributed by atoms with Gasteiger partial charge in [0.15, 0.2) is 17.4 Å². The fourth-order valence-electron chi connectivity index (χ4n) is 2.84. The van der Waals surface area contributed by atoms with Gasteiger partial charge in [0, 0.05) is 44.9 Å². The topological polar surface area (TPSA) is 70.6 Å². The van der Waals surface area contributed by atoms with E-state index >= 15 is 0 Å². The van der Waals surface area contributed by atoms with Gasteiger partial charge in [-0.05, 0) is 23.7 Å². The van der Waals surface area contributed by atoms with Gasteiger partial charge in [0.1, 0.15) is 0 Å². The zero-order valence-electron chi connectivity index (χ0n) is 14.8. The Morgan fingerprint density at radius 2 is 2.00 bits per heavy atom. The number of anilines is 3. The predicted molar refractivity (Wildman–Crippen MR) is 97.8 cm³/mol. The molecule has 1 aliphatic heterocycles. The summed E-state index contributed by atoms with van der Waals surface area (Å²) in [6, 6.07) is 4.60. The molecule has 11 heteroatoms. The van der Waals surface area contributed by atoms with Crippen LogP contribution in [0, 0.1) is 5.82 Å². The minimum atomic E-state index is -3.07. The minimum Gasteiger partial charge on any atom is -0.433 e. The number of hydrogen-bond donors (Lipinski definition) is 1. The number of carbonyl (C=O) groups excluding carboxylic acids is 1. The summed E-state index contributed by atoms with van der Waals surface area (Å²) in [6.45, 7) is 0.608. The van der Waals surface area contributed by atoms with Crippen molar-refractivity contribution in [1.29, 1.82) is 0 Å². The molecule has 3 rings (SSSR count). The average molecular weight is 416 g/mol. The molecular weight excluding hydrogens is 399 g/mol. The van der Waals surface area contributed by atoms with Gasteiger partial charge in [0.25, 0.3) is 0 Å². The Bertz CT molecular complexity index is 863. The number of piperazine rings is 1. The molecule has 2 aromatic rings. The molecule has 0 spiro atoms. The second kappa shape index (κ2) is 8.51. The van der Waals surface area contributed by atoms with Crippen LogP contribution in [0.3, 0.4) is 0 Å². The quantitative estimate of drug-likeness (QED) is 0.756. The van der Waals surface area contributed by atoms with Gasteiger partial charge < -0.3 is 19.9 Å². The zero-order valence-corrected chi connectivity index (χ0v) is 15.6. The lowest BCUT2D eigenvalue weighted by Crippen LogP contribution is -2.48. The first kappa shape index (κ1) is 20.0. The number of halogens is 4. The van der Waals surface area contributed by atoms with Crippen LogP contribution in [-0.4, -0.2) is 53.6 Å². The van der Waals surface area contributed by atoms with E-state index in [1.165, 1.54) is 19.1 Å². The molecule has 0 unspecified atom stereocenters. The number of benzene rings is 1. The van der Waals surface area contributed by atoms with Crippen molar-refractivity contribution in [2.75, 3.05) is 36.4 Å². The molecule has 0 atom stereocenters. The molecule has 1 amide bonds. The summed E-state index contributed by atoms with van der Waals surface area (Å²) in [5.41, 5.74) is 0.741. The van der Waals surface area contributed by atoms with Crippen LogP contribution in [0.15, 0.2) is 24.4 Å². The number of nitrogens with zero attached hydrogens (tertiary/aromatic N) is 4. The number of nitrogens with one attached hydrogen (secondary N) is 1.